The van der Waals surface area contributed by atoms with Crippen molar-refractivity contribution in [1.29, 1.82) is 0 Å². The van der Waals surface area contributed by atoms with Crippen LogP contribution in [0.25, 0.3) is 0 Å². The molecule has 0 spiro atoms. The molecule has 8 nitrogen and oxygen atoms in total. The van der Waals surface area contributed by atoms with Crippen molar-refractivity contribution >= 4 is 28.8 Å². The maximum atomic E-state index is 12.2. The van der Waals surface area contributed by atoms with Crippen LogP contribution in [0.5, 0.6) is 0 Å². The average molecular weight is 363 g/mol. The van der Waals surface area contributed by atoms with Gasteiger partial charge in [-0.15, -0.1) is 10.2 Å². The summed E-state index contributed by atoms with van der Waals surface area (Å²) in [6, 6.07) is 6.75. The molecule has 1 aromatic heterocycles. The van der Waals surface area contributed by atoms with Crippen LogP contribution in [0.2, 0.25) is 0 Å². The van der Waals surface area contributed by atoms with E-state index in [1.807, 2.05) is 19.0 Å². The minimum absolute atomic E-state index is 0.184. The molecular weight excluding hydrogens is 342 g/mol. The highest BCUT2D eigenvalue weighted by Crippen LogP contribution is 2.15. The minimum Gasteiger partial charge on any atom is -0.377 e. The Morgan fingerprint density at radius 1 is 1.24 bits per heavy atom. The van der Waals surface area contributed by atoms with Crippen molar-refractivity contribution < 1.29 is 14.3 Å². The topological polar surface area (TPSA) is 96.5 Å². The summed E-state index contributed by atoms with van der Waals surface area (Å²) >= 11 is 1.17. The van der Waals surface area contributed by atoms with Crippen molar-refractivity contribution in [3.05, 3.63) is 39.8 Å². The van der Waals surface area contributed by atoms with Gasteiger partial charge in [0.25, 0.3) is 11.8 Å². The van der Waals surface area contributed by atoms with Crippen LogP contribution in [0, 0.1) is 0 Å². The Morgan fingerprint density at radius 2 is 2.04 bits per heavy atom. The molecule has 1 heterocycles. The summed E-state index contributed by atoms with van der Waals surface area (Å²) < 4.78 is 4.96. The number of anilines is 1. The third-order valence-electron chi connectivity index (χ3n) is 3.16. The number of carbonyl (C=O) groups is 2. The predicted molar refractivity (Wildman–Crippen MR) is 95.9 cm³/mol. The quantitative estimate of drug-likeness (QED) is 0.732. The van der Waals surface area contributed by atoms with E-state index >= 15 is 0 Å². The predicted octanol–water partition coefficient (Wildman–Crippen LogP) is 1.23. The third-order valence-corrected chi connectivity index (χ3v) is 4.05. The van der Waals surface area contributed by atoms with E-state index in [0.29, 0.717) is 29.4 Å². The second-order valence-corrected chi connectivity index (χ2v) is 6.59. The second kappa shape index (κ2) is 9.21. The summed E-state index contributed by atoms with van der Waals surface area (Å²) in [4.78, 5) is 26.3. The van der Waals surface area contributed by atoms with Crippen molar-refractivity contribution in [2.24, 2.45) is 0 Å². The fourth-order valence-corrected chi connectivity index (χ4v) is 2.65. The second-order valence-electron chi connectivity index (χ2n) is 5.53. The lowest BCUT2D eigenvalue weighted by Crippen LogP contribution is -2.31. The monoisotopic (exact) mass is 363 g/mol. The molecule has 0 bridgehead atoms. The molecule has 2 N–H and O–H groups in total. The molecule has 9 heteroatoms. The summed E-state index contributed by atoms with van der Waals surface area (Å²) in [7, 11) is 5.43. The molecule has 0 saturated carbocycles. The molecule has 0 aliphatic carbocycles. The van der Waals surface area contributed by atoms with Crippen LogP contribution in [0.3, 0.4) is 0 Å². The lowest BCUT2D eigenvalue weighted by atomic mass is 10.2. The van der Waals surface area contributed by atoms with E-state index in [9.17, 15) is 9.59 Å². The zero-order valence-electron chi connectivity index (χ0n) is 14.4. The van der Waals surface area contributed by atoms with E-state index in [1.165, 1.54) is 11.3 Å². The lowest BCUT2D eigenvalue weighted by molar-refractivity contribution is 0.0949. The molecule has 0 fully saturated rings. The van der Waals surface area contributed by atoms with E-state index < -0.39 is 0 Å². The molecule has 0 radical (unpaired) electrons. The number of carbonyl (C=O) groups excluding carboxylic acids is 2. The van der Waals surface area contributed by atoms with E-state index in [-0.39, 0.29) is 16.8 Å². The van der Waals surface area contributed by atoms with Gasteiger partial charge in [0.2, 0.25) is 5.01 Å². The van der Waals surface area contributed by atoms with Gasteiger partial charge in [-0.05, 0) is 32.3 Å². The van der Waals surface area contributed by atoms with Crippen molar-refractivity contribution in [3.63, 3.8) is 0 Å². The number of benzene rings is 1. The Bertz CT molecular complexity index is 732. The van der Waals surface area contributed by atoms with Crippen molar-refractivity contribution in [1.82, 2.24) is 20.4 Å². The maximum absolute atomic E-state index is 12.2. The van der Waals surface area contributed by atoms with Crippen LogP contribution in [0.1, 0.15) is 25.2 Å². The summed E-state index contributed by atoms with van der Waals surface area (Å²) in [6.45, 7) is 1.62. The first kappa shape index (κ1) is 19.0. The molecule has 2 aromatic rings. The van der Waals surface area contributed by atoms with Gasteiger partial charge in [0, 0.05) is 31.5 Å². The molecule has 25 heavy (non-hydrogen) atoms. The molecule has 2 amide bonds. The molecular formula is C16H21N5O3S. The molecule has 2 rings (SSSR count). The van der Waals surface area contributed by atoms with Gasteiger partial charge >= 0.3 is 0 Å². The zero-order valence-corrected chi connectivity index (χ0v) is 15.2. The van der Waals surface area contributed by atoms with Crippen molar-refractivity contribution in [3.8, 4) is 0 Å². The summed E-state index contributed by atoms with van der Waals surface area (Å²) in [5.74, 6) is -0.554. The van der Waals surface area contributed by atoms with Crippen LogP contribution in [0.4, 0.5) is 5.69 Å². The number of nitrogens with one attached hydrogen (secondary N) is 2. The van der Waals surface area contributed by atoms with Gasteiger partial charge in [-0.3, -0.25) is 9.59 Å². The number of aromatic nitrogens is 2. The van der Waals surface area contributed by atoms with E-state index in [1.54, 1.807) is 31.4 Å². The van der Waals surface area contributed by atoms with Gasteiger partial charge in [-0.1, -0.05) is 17.4 Å². The number of nitrogens with zero attached hydrogens (tertiary/aromatic N) is 3. The highest BCUT2D eigenvalue weighted by atomic mass is 32.1. The molecule has 0 aliphatic rings. The number of rotatable bonds is 8. The Hall–Kier alpha value is -2.36. The fraction of sp³-hybridized carbons (Fsp3) is 0.375. The van der Waals surface area contributed by atoms with Gasteiger partial charge in [0.1, 0.15) is 5.01 Å². The maximum Gasteiger partial charge on any atom is 0.286 e. The minimum atomic E-state index is -0.370. The van der Waals surface area contributed by atoms with E-state index in [4.69, 9.17) is 4.74 Å². The first-order chi connectivity index (χ1) is 12.0. The first-order valence-corrected chi connectivity index (χ1v) is 8.47. The van der Waals surface area contributed by atoms with Gasteiger partial charge in [0.15, 0.2) is 0 Å². The lowest BCUT2D eigenvalue weighted by Gasteiger charge is -2.11. The zero-order chi connectivity index (χ0) is 18.2. The van der Waals surface area contributed by atoms with Gasteiger partial charge in [-0.25, -0.2) is 0 Å². The number of hydrogen-bond donors (Lipinski definition) is 2. The number of methoxy groups -OCH3 is 1. The average Bonchev–Trinajstić information content (AvgIpc) is 3.04. The standard InChI is InChI=1S/C16H21N5O3S/c1-21(2)8-7-17-14(22)11-5-4-6-12(9-11)18-15(23)16-20-19-13(25-16)10-24-3/h4-6,9H,7-8,10H2,1-3H3,(H,17,22)(H,18,23). The largest absolute Gasteiger partial charge is 0.377 e. The molecule has 1 aromatic carbocycles. The van der Waals surface area contributed by atoms with Gasteiger partial charge in [-0.2, -0.15) is 0 Å². The van der Waals surface area contributed by atoms with E-state index in [2.05, 4.69) is 20.8 Å². The Balaban J connectivity index is 1.98. The molecule has 0 unspecified atom stereocenters. The Kier molecular flexibility index (Phi) is 6.99. The first-order valence-electron chi connectivity index (χ1n) is 7.65. The molecule has 0 aliphatic heterocycles. The number of likely N-dealkylation sites (N-methyl/N-ethyl adjacent to an activating group) is 1. The van der Waals surface area contributed by atoms with Gasteiger partial charge < -0.3 is 20.3 Å². The highest BCUT2D eigenvalue weighted by Gasteiger charge is 2.14. The van der Waals surface area contributed by atoms with E-state index in [0.717, 1.165) is 6.54 Å². The molecule has 0 saturated heterocycles. The SMILES string of the molecule is COCc1nnc(C(=O)Nc2cccc(C(=O)NCCN(C)C)c2)s1. The summed E-state index contributed by atoms with van der Waals surface area (Å²) in [5, 5.41) is 14.1. The van der Waals surface area contributed by atoms with Gasteiger partial charge in [0.05, 0.1) is 6.61 Å². The van der Waals surface area contributed by atoms with Crippen LogP contribution in [0.15, 0.2) is 24.3 Å². The fourth-order valence-electron chi connectivity index (χ4n) is 1.95. The smallest absolute Gasteiger partial charge is 0.286 e. The van der Waals surface area contributed by atoms with Crippen LogP contribution >= 0.6 is 11.3 Å². The molecule has 0 atom stereocenters. The molecule has 134 valence electrons. The summed E-state index contributed by atoms with van der Waals surface area (Å²) in [5.41, 5.74) is 1.00. The highest BCUT2D eigenvalue weighted by molar-refractivity contribution is 7.13. The van der Waals surface area contributed by atoms with Crippen LogP contribution < -0.4 is 10.6 Å². The van der Waals surface area contributed by atoms with Crippen molar-refractivity contribution in [2.45, 2.75) is 6.61 Å². The summed E-state index contributed by atoms with van der Waals surface area (Å²) in [6.07, 6.45) is 0. The Morgan fingerprint density at radius 3 is 2.76 bits per heavy atom. The number of ether oxygens (including phenoxy) is 1. The number of amides is 2. The number of hydrogen-bond acceptors (Lipinski definition) is 7. The van der Waals surface area contributed by atoms with Crippen LogP contribution in [-0.4, -0.2) is 61.2 Å². The van der Waals surface area contributed by atoms with Crippen LogP contribution in [-0.2, 0) is 11.3 Å². The third kappa shape index (κ3) is 5.89. The normalized spacial score (nSPS) is 10.7. The Labute approximate surface area is 150 Å². The van der Waals surface area contributed by atoms with Crippen molar-refractivity contribution in [2.75, 3.05) is 39.6 Å².